The predicted molar refractivity (Wildman–Crippen MR) is 55.1 cm³/mol. The monoisotopic (exact) mass is 200 g/mol. The molecule has 2 N–H and O–H groups in total. The van der Waals surface area contributed by atoms with Crippen molar-refractivity contribution in [3.63, 3.8) is 0 Å². The first-order valence-electron chi connectivity index (χ1n) is 5.24. The van der Waals surface area contributed by atoms with Crippen LogP contribution in [0.15, 0.2) is 0 Å². The third-order valence-corrected chi connectivity index (χ3v) is 2.51. The maximum Gasteiger partial charge on any atom is 0.225 e. The number of nitrogens with one attached hydrogen (secondary N) is 2. The minimum atomic E-state index is -0.0538. The molecule has 4 nitrogen and oxygen atoms in total. The molecule has 2 atom stereocenters. The van der Waals surface area contributed by atoms with E-state index in [0.717, 1.165) is 25.9 Å². The lowest BCUT2D eigenvalue weighted by Gasteiger charge is -2.25. The first-order chi connectivity index (χ1) is 6.74. The number of methoxy groups -OCH3 is 1. The van der Waals surface area contributed by atoms with E-state index in [1.54, 1.807) is 7.11 Å². The lowest BCUT2D eigenvalue weighted by Crippen LogP contribution is -2.47. The molecule has 1 aliphatic rings. The highest BCUT2D eigenvalue weighted by atomic mass is 16.5. The maximum absolute atomic E-state index is 11.6. The summed E-state index contributed by atoms with van der Waals surface area (Å²) < 4.78 is 4.94. The molecule has 82 valence electrons. The van der Waals surface area contributed by atoms with Crippen molar-refractivity contribution >= 4 is 5.91 Å². The van der Waals surface area contributed by atoms with Gasteiger partial charge in [0, 0.05) is 19.7 Å². The Hall–Kier alpha value is -0.610. The average Bonchev–Trinajstić information content (AvgIpc) is 2.19. The molecule has 0 aromatic carbocycles. The molecule has 1 heterocycles. The SMILES string of the molecule is COCC(C)C(=O)NC1CCCNC1. The zero-order chi connectivity index (χ0) is 10.4. The van der Waals surface area contributed by atoms with Crippen molar-refractivity contribution < 1.29 is 9.53 Å². The van der Waals surface area contributed by atoms with Gasteiger partial charge in [0.1, 0.15) is 0 Å². The Labute approximate surface area is 85.4 Å². The summed E-state index contributed by atoms with van der Waals surface area (Å²) >= 11 is 0. The van der Waals surface area contributed by atoms with Crippen molar-refractivity contribution in [1.82, 2.24) is 10.6 Å². The predicted octanol–water partition coefficient (Wildman–Crippen LogP) is 0.137. The summed E-state index contributed by atoms with van der Waals surface area (Å²) in [7, 11) is 1.62. The second-order valence-electron chi connectivity index (χ2n) is 3.91. The van der Waals surface area contributed by atoms with Crippen LogP contribution in [0.3, 0.4) is 0 Å². The first-order valence-corrected chi connectivity index (χ1v) is 5.24. The second-order valence-corrected chi connectivity index (χ2v) is 3.91. The molecule has 1 saturated heterocycles. The molecular weight excluding hydrogens is 180 g/mol. The highest BCUT2D eigenvalue weighted by Gasteiger charge is 2.18. The molecule has 1 aliphatic heterocycles. The van der Waals surface area contributed by atoms with Crippen LogP contribution in [0.5, 0.6) is 0 Å². The van der Waals surface area contributed by atoms with E-state index >= 15 is 0 Å². The van der Waals surface area contributed by atoms with Crippen LogP contribution < -0.4 is 10.6 Å². The molecule has 0 saturated carbocycles. The number of ether oxygens (including phenoxy) is 1. The quantitative estimate of drug-likeness (QED) is 0.678. The van der Waals surface area contributed by atoms with Crippen LogP contribution in [0.2, 0.25) is 0 Å². The van der Waals surface area contributed by atoms with Crippen molar-refractivity contribution in [3.05, 3.63) is 0 Å². The Morgan fingerprint density at radius 2 is 2.50 bits per heavy atom. The largest absolute Gasteiger partial charge is 0.384 e. The van der Waals surface area contributed by atoms with Crippen molar-refractivity contribution in [1.29, 1.82) is 0 Å². The lowest BCUT2D eigenvalue weighted by molar-refractivity contribution is -0.126. The van der Waals surface area contributed by atoms with Crippen LogP contribution in [-0.2, 0) is 9.53 Å². The zero-order valence-corrected chi connectivity index (χ0v) is 9.01. The molecule has 0 radical (unpaired) electrons. The molecule has 1 fully saturated rings. The fourth-order valence-corrected chi connectivity index (χ4v) is 1.64. The van der Waals surface area contributed by atoms with Gasteiger partial charge < -0.3 is 15.4 Å². The molecule has 0 aliphatic carbocycles. The van der Waals surface area contributed by atoms with Crippen molar-refractivity contribution in [2.24, 2.45) is 5.92 Å². The molecule has 4 heteroatoms. The van der Waals surface area contributed by atoms with E-state index in [1.807, 2.05) is 6.92 Å². The van der Waals surface area contributed by atoms with Crippen LogP contribution >= 0.6 is 0 Å². The Morgan fingerprint density at radius 3 is 3.07 bits per heavy atom. The minimum Gasteiger partial charge on any atom is -0.384 e. The molecule has 0 aromatic heterocycles. The molecular formula is C10H20N2O2. The third kappa shape index (κ3) is 3.64. The number of piperidine rings is 1. The Balaban J connectivity index is 2.24. The average molecular weight is 200 g/mol. The van der Waals surface area contributed by atoms with Gasteiger partial charge in [-0.25, -0.2) is 0 Å². The van der Waals surface area contributed by atoms with Gasteiger partial charge in [0.25, 0.3) is 0 Å². The van der Waals surface area contributed by atoms with Gasteiger partial charge in [0.05, 0.1) is 12.5 Å². The van der Waals surface area contributed by atoms with Gasteiger partial charge in [0.15, 0.2) is 0 Å². The lowest BCUT2D eigenvalue weighted by atomic mass is 10.1. The Kier molecular flexibility index (Phi) is 4.90. The van der Waals surface area contributed by atoms with E-state index < -0.39 is 0 Å². The number of amides is 1. The third-order valence-electron chi connectivity index (χ3n) is 2.51. The van der Waals surface area contributed by atoms with Gasteiger partial charge in [-0.2, -0.15) is 0 Å². The molecule has 2 unspecified atom stereocenters. The van der Waals surface area contributed by atoms with Gasteiger partial charge in [-0.15, -0.1) is 0 Å². The van der Waals surface area contributed by atoms with Crippen LogP contribution in [0.4, 0.5) is 0 Å². The van der Waals surface area contributed by atoms with Crippen molar-refractivity contribution in [2.75, 3.05) is 26.8 Å². The van der Waals surface area contributed by atoms with E-state index in [0.29, 0.717) is 12.6 Å². The molecule has 1 rings (SSSR count). The normalized spacial score (nSPS) is 24.3. The number of carbonyl (C=O) groups excluding carboxylic acids is 1. The van der Waals surface area contributed by atoms with E-state index in [-0.39, 0.29) is 11.8 Å². The number of hydrogen-bond donors (Lipinski definition) is 2. The standard InChI is InChI=1S/C10H20N2O2/c1-8(7-14-2)10(13)12-9-4-3-5-11-6-9/h8-9,11H,3-7H2,1-2H3,(H,12,13). The zero-order valence-electron chi connectivity index (χ0n) is 9.01. The van der Waals surface area contributed by atoms with Gasteiger partial charge >= 0.3 is 0 Å². The van der Waals surface area contributed by atoms with Gasteiger partial charge in [-0.3, -0.25) is 4.79 Å². The van der Waals surface area contributed by atoms with Gasteiger partial charge in [-0.1, -0.05) is 6.92 Å². The van der Waals surface area contributed by atoms with E-state index in [9.17, 15) is 4.79 Å². The summed E-state index contributed by atoms with van der Waals surface area (Å²) in [6.45, 7) is 4.34. The van der Waals surface area contributed by atoms with E-state index in [1.165, 1.54) is 0 Å². The maximum atomic E-state index is 11.6. The van der Waals surface area contributed by atoms with Crippen LogP contribution in [0, 0.1) is 5.92 Å². The smallest absolute Gasteiger partial charge is 0.225 e. The Morgan fingerprint density at radius 1 is 1.71 bits per heavy atom. The summed E-state index contributed by atoms with van der Waals surface area (Å²) in [6, 6.07) is 0.301. The second kappa shape index (κ2) is 5.98. The number of carbonyl (C=O) groups is 1. The first kappa shape index (κ1) is 11.5. The van der Waals surface area contributed by atoms with Gasteiger partial charge in [0.2, 0.25) is 5.91 Å². The molecule has 1 amide bonds. The Bertz CT molecular complexity index is 179. The minimum absolute atomic E-state index is 0.0538. The molecule has 0 spiro atoms. The summed E-state index contributed by atoms with van der Waals surface area (Å²) in [5, 5.41) is 6.29. The topological polar surface area (TPSA) is 50.4 Å². The summed E-state index contributed by atoms with van der Waals surface area (Å²) in [4.78, 5) is 11.6. The summed E-state index contributed by atoms with van der Waals surface area (Å²) in [6.07, 6.45) is 2.22. The molecule has 14 heavy (non-hydrogen) atoms. The van der Waals surface area contributed by atoms with E-state index in [2.05, 4.69) is 10.6 Å². The molecule has 0 bridgehead atoms. The van der Waals surface area contributed by atoms with Crippen molar-refractivity contribution in [2.45, 2.75) is 25.8 Å². The van der Waals surface area contributed by atoms with E-state index in [4.69, 9.17) is 4.74 Å². The van der Waals surface area contributed by atoms with Crippen LogP contribution in [0.1, 0.15) is 19.8 Å². The summed E-state index contributed by atoms with van der Waals surface area (Å²) in [5.41, 5.74) is 0. The summed E-state index contributed by atoms with van der Waals surface area (Å²) in [5.74, 6) is 0.0440. The van der Waals surface area contributed by atoms with Crippen LogP contribution in [-0.4, -0.2) is 38.8 Å². The molecule has 0 aromatic rings. The number of rotatable bonds is 4. The van der Waals surface area contributed by atoms with Gasteiger partial charge in [-0.05, 0) is 19.4 Å². The highest BCUT2D eigenvalue weighted by molar-refractivity contribution is 5.78. The fourth-order valence-electron chi connectivity index (χ4n) is 1.64. The van der Waals surface area contributed by atoms with Crippen molar-refractivity contribution in [3.8, 4) is 0 Å². The highest BCUT2D eigenvalue weighted by Crippen LogP contribution is 2.03. The fraction of sp³-hybridized carbons (Fsp3) is 0.900. The number of hydrogen-bond acceptors (Lipinski definition) is 3. The van der Waals surface area contributed by atoms with Crippen LogP contribution in [0.25, 0.3) is 0 Å².